The summed E-state index contributed by atoms with van der Waals surface area (Å²) < 4.78 is 13.1. The van der Waals surface area contributed by atoms with E-state index in [9.17, 15) is 0 Å². The van der Waals surface area contributed by atoms with E-state index in [4.69, 9.17) is 14.5 Å². The number of nitrogens with one attached hydrogen (secondary N) is 1. The van der Waals surface area contributed by atoms with Crippen LogP contribution in [0.4, 0.5) is 0 Å². The molecule has 0 saturated carbocycles. The number of hydrogen-bond donors (Lipinski definition) is 1. The van der Waals surface area contributed by atoms with E-state index in [1.807, 2.05) is 18.5 Å². The highest BCUT2D eigenvalue weighted by molar-refractivity contribution is 14.0. The molecule has 2 aliphatic rings. The second-order valence-electron chi connectivity index (χ2n) is 8.21. The minimum Gasteiger partial charge on any atom is -0.383 e. The van der Waals surface area contributed by atoms with Crippen molar-refractivity contribution >= 4 is 29.9 Å². The van der Waals surface area contributed by atoms with Gasteiger partial charge in [-0.2, -0.15) is 0 Å². The van der Waals surface area contributed by atoms with Gasteiger partial charge < -0.3 is 24.3 Å². The van der Waals surface area contributed by atoms with Gasteiger partial charge in [-0.1, -0.05) is 0 Å². The molecule has 0 aromatic carbocycles. The number of hydrogen-bond acceptors (Lipinski definition) is 6. The molecule has 3 heterocycles. The van der Waals surface area contributed by atoms with Crippen LogP contribution in [-0.2, 0) is 23.1 Å². The number of aliphatic imine (C=N–C) groups is 1. The highest BCUT2D eigenvalue weighted by atomic mass is 127. The van der Waals surface area contributed by atoms with E-state index in [0.717, 1.165) is 69.8 Å². The zero-order chi connectivity index (χ0) is 20.8. The molecule has 9 nitrogen and oxygen atoms in total. The molecule has 2 aliphatic heterocycles. The van der Waals surface area contributed by atoms with Crippen molar-refractivity contribution in [2.24, 2.45) is 12.0 Å². The Balaban J connectivity index is 0.00000320. The van der Waals surface area contributed by atoms with Gasteiger partial charge >= 0.3 is 0 Å². The molecule has 3 unspecified atom stereocenters. The molecule has 3 rings (SSSR count). The van der Waals surface area contributed by atoms with Crippen molar-refractivity contribution in [2.75, 3.05) is 46.5 Å². The lowest BCUT2D eigenvalue weighted by Crippen LogP contribution is -2.60. The second-order valence-corrected chi connectivity index (χ2v) is 8.21. The molecule has 10 heteroatoms. The minimum absolute atomic E-state index is 0. The SMILES string of the molecule is COCCN1C(C)CN(C(=NCc2nnc(C)n2C)NCC2CCCO2)CC1C.I. The first-order chi connectivity index (χ1) is 14.0. The number of ether oxygens (including phenoxy) is 2. The van der Waals surface area contributed by atoms with Crippen LogP contribution in [-0.4, -0.2) is 95.2 Å². The van der Waals surface area contributed by atoms with Gasteiger partial charge in [0.05, 0.1) is 12.7 Å². The number of piperazine rings is 1. The molecular weight excluding hydrogens is 497 g/mol. The maximum Gasteiger partial charge on any atom is 0.194 e. The van der Waals surface area contributed by atoms with Gasteiger partial charge in [0.25, 0.3) is 0 Å². The lowest BCUT2D eigenvalue weighted by atomic mass is 10.1. The van der Waals surface area contributed by atoms with Crippen molar-refractivity contribution in [3.63, 3.8) is 0 Å². The fourth-order valence-corrected chi connectivity index (χ4v) is 4.18. The summed E-state index contributed by atoms with van der Waals surface area (Å²) in [5, 5.41) is 12.0. The van der Waals surface area contributed by atoms with Crippen LogP contribution < -0.4 is 5.32 Å². The Hall–Kier alpha value is -0.980. The second kappa shape index (κ2) is 12.2. The fraction of sp³-hybridized carbons (Fsp3) is 0.850. The van der Waals surface area contributed by atoms with Gasteiger partial charge in [-0.05, 0) is 33.6 Å². The third kappa shape index (κ3) is 6.51. The molecule has 1 N–H and O–H groups in total. The van der Waals surface area contributed by atoms with Crippen LogP contribution in [0.1, 0.15) is 38.3 Å². The average Bonchev–Trinajstić information content (AvgIpc) is 3.32. The Bertz CT molecular complexity index is 666. The van der Waals surface area contributed by atoms with Gasteiger partial charge in [0.15, 0.2) is 11.8 Å². The number of aryl methyl sites for hydroxylation is 1. The summed E-state index contributed by atoms with van der Waals surface area (Å²) in [4.78, 5) is 9.81. The summed E-state index contributed by atoms with van der Waals surface area (Å²) in [5.41, 5.74) is 0. The number of aromatic nitrogens is 3. The molecule has 172 valence electrons. The van der Waals surface area contributed by atoms with E-state index in [-0.39, 0.29) is 30.1 Å². The van der Waals surface area contributed by atoms with Crippen LogP contribution in [0, 0.1) is 6.92 Å². The van der Waals surface area contributed by atoms with E-state index in [2.05, 4.69) is 39.2 Å². The summed E-state index contributed by atoms with van der Waals surface area (Å²) >= 11 is 0. The van der Waals surface area contributed by atoms with Crippen LogP contribution >= 0.6 is 24.0 Å². The molecule has 0 bridgehead atoms. The van der Waals surface area contributed by atoms with Crippen molar-refractivity contribution in [1.82, 2.24) is 29.9 Å². The summed E-state index contributed by atoms with van der Waals surface area (Å²) in [6.07, 6.45) is 2.53. The van der Waals surface area contributed by atoms with Crippen molar-refractivity contribution < 1.29 is 9.47 Å². The van der Waals surface area contributed by atoms with E-state index in [1.165, 1.54) is 0 Å². The van der Waals surface area contributed by atoms with Crippen molar-refractivity contribution in [1.29, 1.82) is 0 Å². The van der Waals surface area contributed by atoms with Gasteiger partial charge in [-0.3, -0.25) is 4.90 Å². The molecular formula is C20H38IN7O2. The predicted octanol–water partition coefficient (Wildman–Crippen LogP) is 1.41. The third-order valence-electron chi connectivity index (χ3n) is 6.02. The predicted molar refractivity (Wildman–Crippen MR) is 128 cm³/mol. The molecule has 3 atom stereocenters. The normalized spacial score (nSPS) is 25.4. The van der Waals surface area contributed by atoms with Gasteiger partial charge in [0.1, 0.15) is 12.4 Å². The van der Waals surface area contributed by atoms with E-state index in [1.54, 1.807) is 7.11 Å². The summed E-state index contributed by atoms with van der Waals surface area (Å²) in [7, 11) is 3.75. The zero-order valence-corrected chi connectivity index (χ0v) is 21.3. The topological polar surface area (TPSA) is 80.0 Å². The van der Waals surface area contributed by atoms with E-state index >= 15 is 0 Å². The van der Waals surface area contributed by atoms with Crippen LogP contribution in [0.2, 0.25) is 0 Å². The lowest BCUT2D eigenvalue weighted by Gasteiger charge is -2.45. The molecule has 30 heavy (non-hydrogen) atoms. The summed E-state index contributed by atoms with van der Waals surface area (Å²) in [6, 6.07) is 0.862. The Morgan fingerprint density at radius 2 is 2.00 bits per heavy atom. The molecule has 0 spiro atoms. The van der Waals surface area contributed by atoms with Crippen LogP contribution in [0.25, 0.3) is 0 Å². The lowest BCUT2D eigenvalue weighted by molar-refractivity contribution is 0.0437. The number of halogens is 1. The molecule has 1 aromatic rings. The molecule has 2 saturated heterocycles. The van der Waals surface area contributed by atoms with E-state index in [0.29, 0.717) is 18.6 Å². The first-order valence-electron chi connectivity index (χ1n) is 10.7. The molecule has 2 fully saturated rings. The Morgan fingerprint density at radius 3 is 2.57 bits per heavy atom. The van der Waals surface area contributed by atoms with E-state index < -0.39 is 0 Å². The molecule has 0 radical (unpaired) electrons. The number of rotatable bonds is 7. The number of methoxy groups -OCH3 is 1. The first kappa shape index (κ1) is 25.3. The van der Waals surface area contributed by atoms with Crippen molar-refractivity contribution in [3.05, 3.63) is 11.6 Å². The highest BCUT2D eigenvalue weighted by Crippen LogP contribution is 2.17. The molecule has 1 aromatic heterocycles. The Morgan fingerprint density at radius 1 is 1.27 bits per heavy atom. The van der Waals surface area contributed by atoms with Gasteiger partial charge in [-0.25, -0.2) is 4.99 Å². The monoisotopic (exact) mass is 535 g/mol. The Kier molecular flexibility index (Phi) is 10.2. The largest absolute Gasteiger partial charge is 0.383 e. The Labute approximate surface area is 197 Å². The van der Waals surface area contributed by atoms with Gasteiger partial charge in [-0.15, -0.1) is 34.2 Å². The first-order valence-corrected chi connectivity index (χ1v) is 10.7. The van der Waals surface area contributed by atoms with Crippen molar-refractivity contribution in [3.8, 4) is 0 Å². The van der Waals surface area contributed by atoms with Gasteiger partial charge in [0, 0.05) is 59.0 Å². The van der Waals surface area contributed by atoms with Crippen LogP contribution in [0.3, 0.4) is 0 Å². The quantitative estimate of drug-likeness (QED) is 0.321. The summed E-state index contributed by atoms with van der Waals surface area (Å²) in [5.74, 6) is 2.71. The third-order valence-corrected chi connectivity index (χ3v) is 6.02. The average molecular weight is 535 g/mol. The van der Waals surface area contributed by atoms with Crippen LogP contribution in [0.15, 0.2) is 4.99 Å². The number of nitrogens with zero attached hydrogens (tertiary/aromatic N) is 6. The molecule has 0 aliphatic carbocycles. The number of guanidine groups is 1. The van der Waals surface area contributed by atoms with Crippen molar-refractivity contribution in [2.45, 2.75) is 58.3 Å². The molecule has 0 amide bonds. The fourth-order valence-electron chi connectivity index (χ4n) is 4.18. The summed E-state index contributed by atoms with van der Waals surface area (Å²) in [6.45, 7) is 12.3. The highest BCUT2D eigenvalue weighted by Gasteiger charge is 2.31. The standard InChI is InChI=1S/C20H37N7O2.HI/c1-15-13-26(14-16(2)27(15)8-10-28-5)20(21-11-18-7-6-9-29-18)22-12-19-24-23-17(3)25(19)4;/h15-16,18H,6-14H2,1-5H3,(H,21,22);1H. The zero-order valence-electron chi connectivity index (χ0n) is 19.0. The smallest absolute Gasteiger partial charge is 0.194 e. The van der Waals surface area contributed by atoms with Crippen LogP contribution in [0.5, 0.6) is 0 Å². The minimum atomic E-state index is 0. The maximum absolute atomic E-state index is 5.79. The maximum atomic E-state index is 5.79. The van der Waals surface area contributed by atoms with Gasteiger partial charge in [0.2, 0.25) is 0 Å².